The summed E-state index contributed by atoms with van der Waals surface area (Å²) in [5, 5.41) is 10.6. The van der Waals surface area contributed by atoms with Gasteiger partial charge in [0.1, 0.15) is 23.7 Å². The van der Waals surface area contributed by atoms with Crippen molar-refractivity contribution in [1.82, 2.24) is 9.80 Å². The van der Waals surface area contributed by atoms with E-state index >= 15 is 0 Å². The molecule has 0 saturated heterocycles. The Bertz CT molecular complexity index is 1170. The van der Waals surface area contributed by atoms with Gasteiger partial charge in [-0.3, -0.25) is 4.79 Å². The van der Waals surface area contributed by atoms with Gasteiger partial charge in [-0.1, -0.05) is 48.5 Å². The largest absolute Gasteiger partial charge is 0.507 e. The van der Waals surface area contributed by atoms with Gasteiger partial charge in [0.25, 0.3) is 12.3 Å². The van der Waals surface area contributed by atoms with Gasteiger partial charge in [-0.2, -0.15) is 0 Å². The molecular formula is C27H28F2N2O3. The molecule has 0 aromatic heterocycles. The first-order chi connectivity index (χ1) is 16.3. The van der Waals surface area contributed by atoms with Crippen LogP contribution in [0.5, 0.6) is 11.5 Å². The Morgan fingerprint density at radius 2 is 1.82 bits per heavy atom. The lowest BCUT2D eigenvalue weighted by Crippen LogP contribution is -2.36. The minimum Gasteiger partial charge on any atom is -0.507 e. The predicted octanol–water partition coefficient (Wildman–Crippen LogP) is 5.17. The average molecular weight is 467 g/mol. The zero-order valence-corrected chi connectivity index (χ0v) is 19.3. The van der Waals surface area contributed by atoms with Crippen molar-refractivity contribution < 1.29 is 23.4 Å². The molecule has 1 aliphatic heterocycles. The van der Waals surface area contributed by atoms with Gasteiger partial charge in [0.05, 0.1) is 0 Å². The number of hydrogen-bond acceptors (Lipinski definition) is 4. The van der Waals surface area contributed by atoms with Crippen LogP contribution < -0.4 is 4.74 Å². The van der Waals surface area contributed by atoms with E-state index in [-0.39, 0.29) is 17.9 Å². The molecule has 1 N–H and O–H groups in total. The Kier molecular flexibility index (Phi) is 7.12. The fraction of sp³-hybridized carbons (Fsp3) is 0.296. The lowest BCUT2D eigenvalue weighted by Gasteiger charge is -2.30. The van der Waals surface area contributed by atoms with Gasteiger partial charge in [-0.05, 0) is 54.9 Å². The van der Waals surface area contributed by atoms with Crippen LogP contribution in [0.2, 0.25) is 0 Å². The maximum Gasteiger partial charge on any atom is 0.264 e. The molecule has 0 bridgehead atoms. The first-order valence-electron chi connectivity index (χ1n) is 11.2. The van der Waals surface area contributed by atoms with E-state index in [1.165, 1.54) is 5.56 Å². The predicted molar refractivity (Wildman–Crippen MR) is 126 cm³/mol. The molecule has 1 aliphatic rings. The third-order valence-corrected chi connectivity index (χ3v) is 5.88. The molecule has 1 heterocycles. The monoisotopic (exact) mass is 466 g/mol. The number of nitrogens with zero attached hydrogens (tertiary/aromatic N) is 2. The molecule has 4 rings (SSSR count). The highest BCUT2D eigenvalue weighted by Gasteiger charge is 2.28. The molecule has 34 heavy (non-hydrogen) atoms. The zero-order chi connectivity index (χ0) is 24.2. The molecule has 3 aromatic rings. The second-order valence-corrected chi connectivity index (χ2v) is 8.81. The normalized spacial score (nSPS) is 13.3. The van der Waals surface area contributed by atoms with Gasteiger partial charge in [-0.15, -0.1) is 0 Å². The van der Waals surface area contributed by atoms with Crippen LogP contribution in [-0.2, 0) is 26.1 Å². The molecule has 7 heteroatoms. The maximum atomic E-state index is 13.5. The van der Waals surface area contributed by atoms with Gasteiger partial charge < -0.3 is 19.6 Å². The molecule has 3 aromatic carbocycles. The highest BCUT2D eigenvalue weighted by Crippen LogP contribution is 2.36. The van der Waals surface area contributed by atoms with Crippen LogP contribution in [0.1, 0.15) is 44.6 Å². The van der Waals surface area contributed by atoms with Crippen LogP contribution in [0.4, 0.5) is 8.78 Å². The fourth-order valence-corrected chi connectivity index (χ4v) is 4.22. The third-order valence-electron chi connectivity index (χ3n) is 5.88. The van der Waals surface area contributed by atoms with E-state index in [1.54, 1.807) is 4.90 Å². The maximum absolute atomic E-state index is 13.5. The van der Waals surface area contributed by atoms with Crippen LogP contribution in [0, 0.1) is 0 Å². The highest BCUT2D eigenvalue weighted by molar-refractivity contribution is 6.00. The second-order valence-electron chi connectivity index (χ2n) is 8.81. The number of aromatic hydroxyl groups is 1. The van der Waals surface area contributed by atoms with Gasteiger partial charge in [0.15, 0.2) is 0 Å². The summed E-state index contributed by atoms with van der Waals surface area (Å²) in [6.45, 7) is 1.72. The number of phenols is 1. The Morgan fingerprint density at radius 1 is 1.06 bits per heavy atom. The van der Waals surface area contributed by atoms with Gasteiger partial charge >= 0.3 is 0 Å². The van der Waals surface area contributed by atoms with Crippen molar-refractivity contribution in [3.63, 3.8) is 0 Å². The number of carbonyl (C=O) groups is 1. The highest BCUT2D eigenvalue weighted by atomic mass is 19.3. The van der Waals surface area contributed by atoms with Crippen molar-refractivity contribution >= 4 is 5.91 Å². The van der Waals surface area contributed by atoms with Crippen molar-refractivity contribution in [3.05, 3.63) is 94.0 Å². The molecule has 0 fully saturated rings. The Morgan fingerprint density at radius 3 is 2.53 bits per heavy atom. The van der Waals surface area contributed by atoms with Crippen LogP contribution in [0.3, 0.4) is 0 Å². The SMILES string of the molecule is CN(C)Cc1ccc2c(c1)CN(C(=O)c1c(O)cc(C(F)F)cc1OCc1ccccc1)CC2. The molecule has 5 nitrogen and oxygen atoms in total. The lowest BCUT2D eigenvalue weighted by molar-refractivity contribution is 0.0725. The van der Waals surface area contributed by atoms with Crippen LogP contribution in [0.25, 0.3) is 0 Å². The Balaban J connectivity index is 1.62. The van der Waals surface area contributed by atoms with Crippen LogP contribution >= 0.6 is 0 Å². The van der Waals surface area contributed by atoms with Gasteiger partial charge in [-0.25, -0.2) is 8.78 Å². The molecule has 178 valence electrons. The quantitative estimate of drug-likeness (QED) is 0.522. The van der Waals surface area contributed by atoms with E-state index in [1.807, 2.05) is 44.4 Å². The fourth-order valence-electron chi connectivity index (χ4n) is 4.22. The number of benzene rings is 3. The first-order valence-corrected chi connectivity index (χ1v) is 11.2. The van der Waals surface area contributed by atoms with Crippen LogP contribution in [-0.4, -0.2) is 41.5 Å². The van der Waals surface area contributed by atoms with E-state index in [0.717, 1.165) is 35.4 Å². The Hall–Kier alpha value is -3.45. The molecule has 1 amide bonds. The number of alkyl halides is 2. The summed E-state index contributed by atoms with van der Waals surface area (Å²) in [5.41, 5.74) is 3.72. The first kappa shape index (κ1) is 23.7. The van der Waals surface area contributed by atoms with E-state index < -0.39 is 23.6 Å². The number of amides is 1. The van der Waals surface area contributed by atoms with Crippen molar-refractivity contribution in [2.24, 2.45) is 0 Å². The molecule has 0 aliphatic carbocycles. The number of phenolic OH excluding ortho intramolecular Hbond substituents is 1. The van der Waals surface area contributed by atoms with Gasteiger partial charge in [0.2, 0.25) is 0 Å². The number of carbonyl (C=O) groups excluding carboxylic acids is 1. The molecule has 0 atom stereocenters. The lowest BCUT2D eigenvalue weighted by atomic mass is 9.96. The summed E-state index contributed by atoms with van der Waals surface area (Å²) >= 11 is 0. The molecule has 0 spiro atoms. The minimum absolute atomic E-state index is 0.0451. The summed E-state index contributed by atoms with van der Waals surface area (Å²) in [6, 6.07) is 17.6. The topological polar surface area (TPSA) is 53.0 Å². The van der Waals surface area contributed by atoms with Gasteiger partial charge in [0, 0.05) is 25.2 Å². The number of rotatable bonds is 7. The summed E-state index contributed by atoms with van der Waals surface area (Å²) in [4.78, 5) is 17.2. The molecule has 0 unspecified atom stereocenters. The summed E-state index contributed by atoms with van der Waals surface area (Å²) in [5.74, 6) is -0.987. The number of hydrogen-bond donors (Lipinski definition) is 1. The minimum atomic E-state index is -2.80. The average Bonchev–Trinajstić information content (AvgIpc) is 2.81. The zero-order valence-electron chi connectivity index (χ0n) is 19.3. The molecule has 0 radical (unpaired) electrons. The van der Waals surface area contributed by atoms with Crippen molar-refractivity contribution in [3.8, 4) is 11.5 Å². The Labute approximate surface area is 198 Å². The summed E-state index contributed by atoms with van der Waals surface area (Å²) in [7, 11) is 4.00. The van der Waals surface area contributed by atoms with Crippen LogP contribution in [0.15, 0.2) is 60.7 Å². The van der Waals surface area contributed by atoms with E-state index in [4.69, 9.17) is 4.74 Å². The standard InChI is InChI=1S/C27H28F2N2O3/c1-30(2)15-19-8-9-20-10-11-31(16-22(20)12-19)27(33)25-23(32)13-21(26(28)29)14-24(25)34-17-18-6-4-3-5-7-18/h3-9,12-14,26,32H,10-11,15-17H2,1-2H3. The molecular weight excluding hydrogens is 438 g/mol. The van der Waals surface area contributed by atoms with Crippen molar-refractivity contribution in [1.29, 1.82) is 0 Å². The number of halogens is 2. The smallest absolute Gasteiger partial charge is 0.264 e. The van der Waals surface area contributed by atoms with Crippen molar-refractivity contribution in [2.45, 2.75) is 32.5 Å². The van der Waals surface area contributed by atoms with E-state index in [0.29, 0.717) is 19.5 Å². The summed E-state index contributed by atoms with van der Waals surface area (Å²) in [6.07, 6.45) is -2.12. The van der Waals surface area contributed by atoms with Crippen molar-refractivity contribution in [2.75, 3.05) is 20.6 Å². The number of fused-ring (bicyclic) bond motifs is 1. The second kappa shape index (κ2) is 10.2. The molecule has 0 saturated carbocycles. The van der Waals surface area contributed by atoms with E-state index in [2.05, 4.69) is 23.1 Å². The summed E-state index contributed by atoms with van der Waals surface area (Å²) < 4.78 is 32.6. The third kappa shape index (κ3) is 5.37. The number of ether oxygens (including phenoxy) is 1. The van der Waals surface area contributed by atoms with E-state index in [9.17, 15) is 18.7 Å².